The van der Waals surface area contributed by atoms with Gasteiger partial charge in [0.1, 0.15) is 0 Å². The van der Waals surface area contributed by atoms with Crippen molar-refractivity contribution in [1.29, 1.82) is 0 Å². The van der Waals surface area contributed by atoms with Crippen LogP contribution < -0.4 is 0 Å². The van der Waals surface area contributed by atoms with Gasteiger partial charge in [0.2, 0.25) is 0 Å². The van der Waals surface area contributed by atoms with Crippen LogP contribution in [0.25, 0.3) is 21.6 Å². The first-order chi connectivity index (χ1) is 12.6. The molecule has 0 saturated heterocycles. The molecule has 1 aliphatic rings. The van der Waals surface area contributed by atoms with Crippen molar-refractivity contribution in [3.05, 3.63) is 64.8 Å². The van der Waals surface area contributed by atoms with Crippen molar-refractivity contribution < 1.29 is 4.79 Å². The molecule has 132 valence electrons. The van der Waals surface area contributed by atoms with Crippen LogP contribution in [-0.4, -0.2) is 10.8 Å². The zero-order valence-corrected chi connectivity index (χ0v) is 16.1. The summed E-state index contributed by atoms with van der Waals surface area (Å²) in [6.07, 6.45) is 7.63. The summed E-state index contributed by atoms with van der Waals surface area (Å²) in [7, 11) is 0. The number of hydrogen-bond acceptors (Lipinski definition) is 3. The molecular weight excluding hydrogens is 338 g/mol. The number of ketones is 1. The molecule has 0 unspecified atom stereocenters. The van der Waals surface area contributed by atoms with E-state index in [9.17, 15) is 4.79 Å². The average Bonchev–Trinajstić information content (AvgIpc) is 2.99. The Morgan fingerprint density at radius 3 is 2.73 bits per heavy atom. The summed E-state index contributed by atoms with van der Waals surface area (Å²) in [5, 5.41) is 0. The van der Waals surface area contributed by atoms with Gasteiger partial charge < -0.3 is 0 Å². The van der Waals surface area contributed by atoms with Gasteiger partial charge in [-0.05, 0) is 65.6 Å². The highest BCUT2D eigenvalue weighted by atomic mass is 32.1. The van der Waals surface area contributed by atoms with Gasteiger partial charge >= 0.3 is 0 Å². The van der Waals surface area contributed by atoms with E-state index < -0.39 is 0 Å². The zero-order valence-electron chi connectivity index (χ0n) is 15.3. The van der Waals surface area contributed by atoms with E-state index in [1.54, 1.807) is 17.5 Å². The molecule has 0 fully saturated rings. The number of pyridine rings is 1. The van der Waals surface area contributed by atoms with Crippen LogP contribution in [0.2, 0.25) is 0 Å². The normalized spacial score (nSPS) is 13.2. The minimum absolute atomic E-state index is 0.281. The number of aryl methyl sites for hydroxylation is 2. The van der Waals surface area contributed by atoms with Crippen LogP contribution in [0.3, 0.4) is 0 Å². The molecule has 26 heavy (non-hydrogen) atoms. The van der Waals surface area contributed by atoms with Gasteiger partial charge in [-0.15, -0.1) is 11.3 Å². The second-order valence-corrected chi connectivity index (χ2v) is 8.51. The van der Waals surface area contributed by atoms with Crippen molar-refractivity contribution in [3.8, 4) is 21.6 Å². The average molecular weight is 362 g/mol. The van der Waals surface area contributed by atoms with Gasteiger partial charge in [-0.2, -0.15) is 0 Å². The largest absolute Gasteiger partial charge is 0.293 e. The molecule has 0 atom stereocenters. The number of aromatic nitrogens is 1. The van der Waals surface area contributed by atoms with Gasteiger partial charge in [0.25, 0.3) is 0 Å². The first kappa shape index (κ1) is 17.2. The lowest BCUT2D eigenvalue weighted by Gasteiger charge is -2.09. The molecule has 4 rings (SSSR count). The van der Waals surface area contributed by atoms with E-state index >= 15 is 0 Å². The summed E-state index contributed by atoms with van der Waals surface area (Å²) in [6, 6.07) is 12.9. The summed E-state index contributed by atoms with van der Waals surface area (Å²) in [4.78, 5) is 19.0. The number of fused-ring (bicyclic) bond motifs is 3. The van der Waals surface area contributed by atoms with Crippen molar-refractivity contribution in [2.75, 3.05) is 0 Å². The van der Waals surface area contributed by atoms with Crippen LogP contribution in [0.5, 0.6) is 0 Å². The Bertz CT molecular complexity index is 940. The third-order valence-electron chi connectivity index (χ3n) is 4.92. The third-order valence-corrected chi connectivity index (χ3v) is 6.17. The van der Waals surface area contributed by atoms with Crippen molar-refractivity contribution in [2.45, 2.75) is 39.5 Å². The smallest absolute Gasteiger partial charge is 0.173 e. The number of rotatable bonds is 4. The molecule has 2 aromatic heterocycles. The molecule has 2 heterocycles. The SMILES string of the molecule is CC(C)CC(=O)c1cc2c(s1)-c1cc(-c3cccnc3)ccc1CCC2. The van der Waals surface area contributed by atoms with Gasteiger partial charge in [-0.3, -0.25) is 9.78 Å². The predicted molar refractivity (Wildman–Crippen MR) is 109 cm³/mol. The standard InChI is InChI=1S/C23H23NOS/c1-15(2)11-21(25)22-13-18-6-3-5-16-8-9-17(12-20(16)23(18)26-22)19-7-4-10-24-14-19/h4,7-10,12-15H,3,5-6,11H2,1-2H3. The first-order valence-electron chi connectivity index (χ1n) is 9.31. The highest BCUT2D eigenvalue weighted by molar-refractivity contribution is 7.17. The Kier molecular flexibility index (Phi) is 4.73. The number of carbonyl (C=O) groups excluding carboxylic acids is 1. The fraction of sp³-hybridized carbons (Fsp3) is 0.304. The van der Waals surface area contributed by atoms with Crippen molar-refractivity contribution >= 4 is 17.1 Å². The number of carbonyl (C=O) groups is 1. The van der Waals surface area contributed by atoms with Crippen molar-refractivity contribution in [1.82, 2.24) is 4.98 Å². The maximum Gasteiger partial charge on any atom is 0.173 e. The highest BCUT2D eigenvalue weighted by Crippen LogP contribution is 2.40. The quantitative estimate of drug-likeness (QED) is 0.518. The lowest BCUT2D eigenvalue weighted by molar-refractivity contribution is 0.0972. The number of nitrogens with zero attached hydrogens (tertiary/aromatic N) is 1. The number of hydrogen-bond donors (Lipinski definition) is 0. The van der Waals surface area contributed by atoms with Crippen molar-refractivity contribution in [2.24, 2.45) is 5.92 Å². The van der Waals surface area contributed by atoms with E-state index in [4.69, 9.17) is 0 Å². The van der Waals surface area contributed by atoms with E-state index in [0.717, 1.165) is 29.7 Å². The van der Waals surface area contributed by atoms with E-state index in [2.05, 4.69) is 49.2 Å². The molecule has 2 nitrogen and oxygen atoms in total. The van der Waals surface area contributed by atoms with Crippen LogP contribution in [-0.2, 0) is 12.8 Å². The van der Waals surface area contributed by atoms with Crippen molar-refractivity contribution in [3.63, 3.8) is 0 Å². The Morgan fingerprint density at radius 1 is 1.12 bits per heavy atom. The lowest BCUT2D eigenvalue weighted by atomic mass is 9.98. The topological polar surface area (TPSA) is 30.0 Å². The molecule has 0 saturated carbocycles. The monoisotopic (exact) mass is 361 g/mol. The predicted octanol–water partition coefficient (Wildman–Crippen LogP) is 6.19. The summed E-state index contributed by atoms with van der Waals surface area (Å²) in [5.41, 5.74) is 6.35. The Hall–Kier alpha value is -2.26. The lowest BCUT2D eigenvalue weighted by Crippen LogP contribution is -2.01. The molecule has 3 heteroatoms. The van der Waals surface area contributed by atoms with Crippen LogP contribution in [0, 0.1) is 5.92 Å². The fourth-order valence-corrected chi connectivity index (χ4v) is 4.85. The fourth-order valence-electron chi connectivity index (χ4n) is 3.64. The zero-order chi connectivity index (χ0) is 18.1. The molecule has 0 spiro atoms. The van der Waals surface area contributed by atoms with Crippen LogP contribution in [0.1, 0.15) is 47.5 Å². The molecule has 1 aliphatic carbocycles. The Morgan fingerprint density at radius 2 is 1.96 bits per heavy atom. The maximum absolute atomic E-state index is 12.6. The molecule has 3 aromatic rings. The summed E-state index contributed by atoms with van der Waals surface area (Å²) >= 11 is 1.68. The molecule has 0 aliphatic heterocycles. The molecule has 0 radical (unpaired) electrons. The number of Topliss-reactive ketones (excluding diaryl/α,β-unsaturated/α-hetero) is 1. The molecule has 0 amide bonds. The molecular formula is C23H23NOS. The Balaban J connectivity index is 1.78. The molecule has 0 N–H and O–H groups in total. The van der Waals surface area contributed by atoms with Gasteiger partial charge in [-0.1, -0.05) is 32.0 Å². The Labute approximate surface area is 158 Å². The maximum atomic E-state index is 12.6. The molecule has 1 aromatic carbocycles. The minimum atomic E-state index is 0.281. The van der Waals surface area contributed by atoms with E-state index in [1.165, 1.54) is 27.1 Å². The second kappa shape index (κ2) is 7.16. The van der Waals surface area contributed by atoms with Crippen LogP contribution in [0.15, 0.2) is 48.8 Å². The van der Waals surface area contributed by atoms with Gasteiger partial charge in [0, 0.05) is 29.3 Å². The van der Waals surface area contributed by atoms with Crippen LogP contribution >= 0.6 is 11.3 Å². The number of thiophene rings is 1. The second-order valence-electron chi connectivity index (χ2n) is 7.45. The summed E-state index contributed by atoms with van der Waals surface area (Å²) < 4.78 is 0. The third kappa shape index (κ3) is 3.36. The number of benzene rings is 1. The van der Waals surface area contributed by atoms with E-state index in [1.807, 2.05) is 12.3 Å². The van der Waals surface area contributed by atoms with E-state index in [0.29, 0.717) is 12.3 Å². The van der Waals surface area contributed by atoms with Gasteiger partial charge in [-0.25, -0.2) is 0 Å². The summed E-state index contributed by atoms with van der Waals surface area (Å²) in [6.45, 7) is 4.21. The molecule has 0 bridgehead atoms. The minimum Gasteiger partial charge on any atom is -0.293 e. The van der Waals surface area contributed by atoms with Gasteiger partial charge in [0.15, 0.2) is 5.78 Å². The van der Waals surface area contributed by atoms with Crippen LogP contribution in [0.4, 0.5) is 0 Å². The van der Waals surface area contributed by atoms with E-state index in [-0.39, 0.29) is 5.78 Å². The summed E-state index contributed by atoms with van der Waals surface area (Å²) in [5.74, 6) is 0.678. The van der Waals surface area contributed by atoms with Gasteiger partial charge in [0.05, 0.1) is 4.88 Å². The highest BCUT2D eigenvalue weighted by Gasteiger charge is 2.21. The first-order valence-corrected chi connectivity index (χ1v) is 10.1.